The van der Waals surface area contributed by atoms with E-state index in [0.29, 0.717) is 11.1 Å². The summed E-state index contributed by atoms with van der Waals surface area (Å²) in [6.45, 7) is 0. The summed E-state index contributed by atoms with van der Waals surface area (Å²) < 4.78 is 37.3. The van der Waals surface area contributed by atoms with Crippen molar-refractivity contribution in [3.8, 4) is 0 Å². The summed E-state index contributed by atoms with van der Waals surface area (Å²) >= 11 is 0. The van der Waals surface area contributed by atoms with Gasteiger partial charge < -0.3 is 4.84 Å². The third kappa shape index (κ3) is 5.12. The van der Waals surface area contributed by atoms with Gasteiger partial charge in [0.1, 0.15) is 0 Å². The molecule has 7 heteroatoms. The second kappa shape index (κ2) is 7.63. The topological polar surface area (TPSA) is 55.4 Å². The molecule has 0 fully saturated rings. The highest BCUT2D eigenvalue weighted by Crippen LogP contribution is 2.29. The highest BCUT2D eigenvalue weighted by molar-refractivity contribution is 5.90. The summed E-state index contributed by atoms with van der Waals surface area (Å²) in [7, 11) is 0. The van der Waals surface area contributed by atoms with Crippen LogP contribution in [0.2, 0.25) is 0 Å². The minimum absolute atomic E-state index is 0.0204. The van der Waals surface area contributed by atoms with Gasteiger partial charge in [0.15, 0.2) is 0 Å². The Morgan fingerprint density at radius 3 is 2.17 bits per heavy atom. The summed E-state index contributed by atoms with van der Waals surface area (Å²) in [5, 5.41) is 0. The first-order chi connectivity index (χ1) is 11.4. The third-order valence-electron chi connectivity index (χ3n) is 3.19. The van der Waals surface area contributed by atoms with Crippen molar-refractivity contribution >= 4 is 11.9 Å². The van der Waals surface area contributed by atoms with E-state index in [9.17, 15) is 22.8 Å². The zero-order valence-electron chi connectivity index (χ0n) is 12.5. The van der Waals surface area contributed by atoms with Crippen molar-refractivity contribution in [3.05, 3.63) is 71.3 Å². The maximum atomic E-state index is 12.4. The van der Waals surface area contributed by atoms with Crippen LogP contribution >= 0.6 is 0 Å². The molecule has 4 nitrogen and oxygen atoms in total. The number of carbonyl (C=O) groups is 2. The molecule has 0 bridgehead atoms. The Morgan fingerprint density at radius 1 is 0.958 bits per heavy atom. The van der Waals surface area contributed by atoms with Gasteiger partial charge in [-0.25, -0.2) is 4.79 Å². The van der Waals surface area contributed by atoms with Gasteiger partial charge in [0.05, 0.1) is 11.1 Å². The van der Waals surface area contributed by atoms with Crippen LogP contribution in [0.4, 0.5) is 13.2 Å². The van der Waals surface area contributed by atoms with E-state index in [4.69, 9.17) is 0 Å². The molecule has 126 valence electrons. The van der Waals surface area contributed by atoms with Gasteiger partial charge in [-0.2, -0.15) is 18.7 Å². The number of amides is 1. The molecule has 0 aromatic heterocycles. The van der Waals surface area contributed by atoms with Gasteiger partial charge in [-0.05, 0) is 36.2 Å². The first-order valence-corrected chi connectivity index (χ1v) is 7.07. The normalized spacial score (nSPS) is 11.0. The lowest BCUT2D eigenvalue weighted by Gasteiger charge is -2.08. The molecule has 2 rings (SSSR count). The molecule has 24 heavy (non-hydrogen) atoms. The number of benzene rings is 2. The van der Waals surface area contributed by atoms with Crippen molar-refractivity contribution in [2.75, 3.05) is 0 Å². The Kier molecular flexibility index (Phi) is 5.57. The maximum Gasteiger partial charge on any atom is 0.416 e. The van der Waals surface area contributed by atoms with E-state index in [1.165, 1.54) is 24.3 Å². The van der Waals surface area contributed by atoms with Gasteiger partial charge in [-0.3, -0.25) is 4.79 Å². The molecule has 1 amide bonds. The zero-order valence-corrected chi connectivity index (χ0v) is 12.5. The van der Waals surface area contributed by atoms with Crippen molar-refractivity contribution in [1.82, 2.24) is 5.48 Å². The molecule has 0 spiro atoms. The van der Waals surface area contributed by atoms with Crippen LogP contribution in [-0.4, -0.2) is 11.9 Å². The molecule has 2 aromatic rings. The standard InChI is InChI=1S/C17H14F3NO3/c18-17(19,20)14-9-6-12(7-10-14)8-11-15(22)21-24-16(23)13-4-2-1-3-5-13/h1-7,9-10H,8,11H2,(H,21,22). The minimum Gasteiger partial charge on any atom is -0.335 e. The molecular formula is C17H14F3NO3. The average Bonchev–Trinajstić information content (AvgIpc) is 2.58. The number of hydrogen-bond acceptors (Lipinski definition) is 3. The van der Waals surface area contributed by atoms with Crippen LogP contribution in [0.25, 0.3) is 0 Å². The number of carbonyl (C=O) groups excluding carboxylic acids is 2. The lowest BCUT2D eigenvalue weighted by Crippen LogP contribution is -2.27. The summed E-state index contributed by atoms with van der Waals surface area (Å²) in [6, 6.07) is 12.7. The Morgan fingerprint density at radius 2 is 1.58 bits per heavy atom. The first-order valence-electron chi connectivity index (χ1n) is 7.07. The van der Waals surface area contributed by atoms with E-state index >= 15 is 0 Å². The van der Waals surface area contributed by atoms with Crippen molar-refractivity contribution in [3.63, 3.8) is 0 Å². The fraction of sp³-hybridized carbons (Fsp3) is 0.176. The van der Waals surface area contributed by atoms with Crippen molar-refractivity contribution in [2.45, 2.75) is 19.0 Å². The Labute approximate surface area is 136 Å². The number of alkyl halides is 3. The summed E-state index contributed by atoms with van der Waals surface area (Å²) in [5.41, 5.74) is 2.14. The molecule has 0 aliphatic rings. The van der Waals surface area contributed by atoms with Crippen LogP contribution in [0.15, 0.2) is 54.6 Å². The molecule has 0 saturated heterocycles. The van der Waals surface area contributed by atoms with E-state index in [-0.39, 0.29) is 12.8 Å². The van der Waals surface area contributed by atoms with Gasteiger partial charge in [-0.1, -0.05) is 30.3 Å². The molecule has 0 atom stereocenters. The Balaban J connectivity index is 1.78. The van der Waals surface area contributed by atoms with Crippen LogP contribution in [0.1, 0.15) is 27.9 Å². The van der Waals surface area contributed by atoms with Crippen LogP contribution in [0, 0.1) is 0 Å². The Hall–Kier alpha value is -2.83. The average molecular weight is 337 g/mol. The fourth-order valence-electron chi connectivity index (χ4n) is 1.91. The van der Waals surface area contributed by atoms with Gasteiger partial charge >= 0.3 is 12.1 Å². The lowest BCUT2D eigenvalue weighted by molar-refractivity contribution is -0.137. The zero-order chi connectivity index (χ0) is 17.6. The number of hydrogen-bond donors (Lipinski definition) is 1. The Bertz CT molecular complexity index is 697. The predicted molar refractivity (Wildman–Crippen MR) is 79.8 cm³/mol. The van der Waals surface area contributed by atoms with Crippen LogP contribution < -0.4 is 5.48 Å². The molecule has 1 N–H and O–H groups in total. The number of nitrogens with one attached hydrogen (secondary N) is 1. The van der Waals surface area contributed by atoms with Gasteiger partial charge in [0.25, 0.3) is 5.91 Å². The van der Waals surface area contributed by atoms with Crippen molar-refractivity contribution in [2.24, 2.45) is 0 Å². The highest BCUT2D eigenvalue weighted by atomic mass is 19.4. The van der Waals surface area contributed by atoms with E-state index in [2.05, 4.69) is 4.84 Å². The molecular weight excluding hydrogens is 323 g/mol. The SMILES string of the molecule is O=C(CCc1ccc(C(F)(F)F)cc1)NOC(=O)c1ccccc1. The molecule has 2 aromatic carbocycles. The first kappa shape index (κ1) is 17.5. The summed E-state index contributed by atoms with van der Waals surface area (Å²) in [4.78, 5) is 27.9. The molecule has 0 radical (unpaired) electrons. The molecule has 0 aliphatic carbocycles. The number of hydroxylamine groups is 1. The van der Waals surface area contributed by atoms with Crippen molar-refractivity contribution in [1.29, 1.82) is 0 Å². The molecule has 0 heterocycles. The molecule has 0 unspecified atom stereocenters. The largest absolute Gasteiger partial charge is 0.416 e. The number of aryl methyl sites for hydroxylation is 1. The molecule has 0 saturated carbocycles. The summed E-state index contributed by atoms with van der Waals surface area (Å²) in [5.74, 6) is -1.24. The maximum absolute atomic E-state index is 12.4. The van der Waals surface area contributed by atoms with E-state index in [1.807, 2.05) is 5.48 Å². The lowest BCUT2D eigenvalue weighted by atomic mass is 10.1. The fourth-order valence-corrected chi connectivity index (χ4v) is 1.91. The second-order valence-electron chi connectivity index (χ2n) is 4.98. The van der Waals surface area contributed by atoms with E-state index in [1.54, 1.807) is 18.2 Å². The minimum atomic E-state index is -4.39. The van der Waals surface area contributed by atoms with Crippen LogP contribution in [-0.2, 0) is 22.2 Å². The van der Waals surface area contributed by atoms with Crippen LogP contribution in [0.5, 0.6) is 0 Å². The van der Waals surface area contributed by atoms with Gasteiger partial charge in [0.2, 0.25) is 0 Å². The van der Waals surface area contributed by atoms with E-state index < -0.39 is 23.6 Å². The van der Waals surface area contributed by atoms with Gasteiger partial charge in [-0.15, -0.1) is 0 Å². The molecule has 0 aliphatic heterocycles. The van der Waals surface area contributed by atoms with Gasteiger partial charge in [0, 0.05) is 6.42 Å². The second-order valence-corrected chi connectivity index (χ2v) is 4.98. The van der Waals surface area contributed by atoms with Crippen molar-refractivity contribution < 1.29 is 27.6 Å². The smallest absolute Gasteiger partial charge is 0.335 e. The van der Waals surface area contributed by atoms with Crippen LogP contribution in [0.3, 0.4) is 0 Å². The number of halogens is 3. The summed E-state index contributed by atoms with van der Waals surface area (Å²) in [6.07, 6.45) is -4.18. The number of rotatable bonds is 4. The quantitative estimate of drug-likeness (QED) is 0.869. The van der Waals surface area contributed by atoms with E-state index in [0.717, 1.165) is 12.1 Å². The predicted octanol–water partition coefficient (Wildman–Crippen LogP) is 3.53. The monoisotopic (exact) mass is 337 g/mol. The highest BCUT2D eigenvalue weighted by Gasteiger charge is 2.29. The third-order valence-corrected chi connectivity index (χ3v) is 3.19.